The topological polar surface area (TPSA) is 131 Å². The number of hydrogen-bond donors (Lipinski definition) is 4. The number of rotatable bonds is 14. The maximum atomic E-state index is 14.2. The van der Waals surface area contributed by atoms with Crippen molar-refractivity contribution in [3.05, 3.63) is 67.6 Å². The smallest absolute Gasteiger partial charge is 0.240 e. The van der Waals surface area contributed by atoms with E-state index in [4.69, 9.17) is 63.6 Å². The highest BCUT2D eigenvalue weighted by Gasteiger charge is 2.41. The Hall–Kier alpha value is -1.62. The molecule has 254 valence electrons. The van der Waals surface area contributed by atoms with Crippen molar-refractivity contribution in [2.45, 2.75) is 88.4 Å². The number of hydrogen-bond acceptors (Lipinski definition) is 6. The highest BCUT2D eigenvalue weighted by molar-refractivity contribution is 6.35. The summed E-state index contributed by atoms with van der Waals surface area (Å²) in [4.78, 5) is 32.2. The lowest BCUT2D eigenvalue weighted by molar-refractivity contribution is -0.149. The molecule has 0 aromatic heterocycles. The number of benzene rings is 2. The van der Waals surface area contributed by atoms with Gasteiger partial charge in [-0.1, -0.05) is 90.6 Å². The minimum atomic E-state index is -0.788. The molecule has 46 heavy (non-hydrogen) atoms. The van der Waals surface area contributed by atoms with Gasteiger partial charge in [0.15, 0.2) is 0 Å². The van der Waals surface area contributed by atoms with Crippen molar-refractivity contribution in [3.63, 3.8) is 0 Å². The fourth-order valence-electron chi connectivity index (χ4n) is 6.88. The number of nitrogens with one attached hydrogen (secondary N) is 1. The molecule has 1 heterocycles. The van der Waals surface area contributed by atoms with Gasteiger partial charge in [0.2, 0.25) is 11.8 Å². The van der Waals surface area contributed by atoms with E-state index in [1.54, 1.807) is 24.3 Å². The first-order chi connectivity index (χ1) is 22.1. The first-order valence-corrected chi connectivity index (χ1v) is 18.0. The predicted molar refractivity (Wildman–Crippen MR) is 190 cm³/mol. The van der Waals surface area contributed by atoms with Gasteiger partial charge in [-0.2, -0.15) is 0 Å². The van der Waals surface area contributed by atoms with Crippen molar-refractivity contribution < 1.29 is 9.59 Å². The van der Waals surface area contributed by atoms with Gasteiger partial charge in [-0.15, -0.1) is 0 Å². The minimum Gasteiger partial charge on any atom is -0.335 e. The number of carbonyl (C=O) groups excluding carboxylic acids is 2. The van der Waals surface area contributed by atoms with Crippen LogP contribution in [-0.4, -0.2) is 78.5 Å². The van der Waals surface area contributed by atoms with E-state index in [1.807, 2.05) is 21.9 Å². The lowest BCUT2D eigenvalue weighted by Crippen LogP contribution is -2.65. The summed E-state index contributed by atoms with van der Waals surface area (Å²) < 4.78 is 0. The maximum Gasteiger partial charge on any atom is 0.240 e. The van der Waals surface area contributed by atoms with Crippen molar-refractivity contribution in [1.29, 1.82) is 0 Å². The zero-order valence-electron chi connectivity index (χ0n) is 26.4. The molecular weight excluding hydrogens is 666 g/mol. The Kier molecular flexibility index (Phi) is 14.7. The van der Waals surface area contributed by atoms with E-state index in [0.29, 0.717) is 64.9 Å². The second kappa shape index (κ2) is 18.2. The average molecular weight is 715 g/mol. The van der Waals surface area contributed by atoms with Crippen molar-refractivity contribution in [2.24, 2.45) is 23.1 Å². The van der Waals surface area contributed by atoms with E-state index < -0.39 is 12.1 Å². The van der Waals surface area contributed by atoms with Gasteiger partial charge in [0, 0.05) is 58.4 Å². The Morgan fingerprint density at radius 2 is 1.30 bits per heavy atom. The van der Waals surface area contributed by atoms with Gasteiger partial charge >= 0.3 is 0 Å². The molecule has 2 aliphatic rings. The van der Waals surface area contributed by atoms with E-state index in [2.05, 4.69) is 5.32 Å². The lowest BCUT2D eigenvalue weighted by Gasteiger charge is -2.49. The highest BCUT2D eigenvalue weighted by Crippen LogP contribution is 2.32. The van der Waals surface area contributed by atoms with Crippen LogP contribution < -0.4 is 22.5 Å². The summed E-state index contributed by atoms with van der Waals surface area (Å²) in [5, 5.41) is 5.37. The van der Waals surface area contributed by atoms with Crippen LogP contribution in [0.15, 0.2) is 36.4 Å². The Morgan fingerprint density at radius 3 is 1.83 bits per heavy atom. The number of nitrogens with two attached hydrogens (primary N) is 3. The SMILES string of the molecule is NCCNCCC[C@H]1CN(C(=O)C(N)Cc2ccc(Cl)cc2Cl)[C@H](CC2CCCCC2)CN1C(=O)C(N)Cc1ccc(Cl)cc1Cl. The van der Waals surface area contributed by atoms with Gasteiger partial charge < -0.3 is 32.3 Å². The fraction of sp³-hybridized carbons (Fsp3) is 0.588. The first kappa shape index (κ1) is 37.2. The summed E-state index contributed by atoms with van der Waals surface area (Å²) in [7, 11) is 0. The van der Waals surface area contributed by atoms with Crippen LogP contribution >= 0.6 is 46.4 Å². The van der Waals surface area contributed by atoms with Crippen LogP contribution in [0.3, 0.4) is 0 Å². The molecule has 2 amide bonds. The zero-order chi connectivity index (χ0) is 33.2. The van der Waals surface area contributed by atoms with Gasteiger partial charge in [0.25, 0.3) is 0 Å². The van der Waals surface area contributed by atoms with E-state index in [1.165, 1.54) is 19.3 Å². The number of amides is 2. The van der Waals surface area contributed by atoms with Crippen LogP contribution in [0.4, 0.5) is 0 Å². The van der Waals surface area contributed by atoms with Crippen molar-refractivity contribution in [3.8, 4) is 0 Å². The molecule has 0 radical (unpaired) electrons. The molecule has 1 aliphatic carbocycles. The molecule has 0 spiro atoms. The Bertz CT molecular complexity index is 1310. The largest absolute Gasteiger partial charge is 0.335 e. The molecule has 1 aliphatic heterocycles. The average Bonchev–Trinajstić information content (AvgIpc) is 3.03. The lowest BCUT2D eigenvalue weighted by atomic mass is 9.83. The van der Waals surface area contributed by atoms with E-state index in [0.717, 1.165) is 49.9 Å². The molecule has 8 nitrogen and oxygen atoms in total. The molecule has 2 fully saturated rings. The van der Waals surface area contributed by atoms with Gasteiger partial charge in [0.1, 0.15) is 0 Å². The van der Waals surface area contributed by atoms with E-state index in [9.17, 15) is 9.59 Å². The summed E-state index contributed by atoms with van der Waals surface area (Å²) in [5.41, 5.74) is 20.4. The van der Waals surface area contributed by atoms with E-state index >= 15 is 0 Å². The van der Waals surface area contributed by atoms with Crippen LogP contribution in [0.25, 0.3) is 0 Å². The van der Waals surface area contributed by atoms with Crippen LogP contribution in [0.5, 0.6) is 0 Å². The molecule has 7 N–H and O–H groups in total. The molecule has 2 aromatic rings. The standard InChI is InChI=1S/C34H48Cl4N6O2/c35-25-10-8-23(29(37)18-25)16-31(40)33(45)43-21-28(15-22-5-2-1-3-6-22)44(20-27(43)7-4-13-42-14-12-39)34(46)32(41)17-24-9-11-26(36)19-30(24)38/h8-11,18-19,22,27-28,31-32,42H,1-7,12-17,20-21,39-41H2/t27-,28+,31?,32?/m0/s1. The summed E-state index contributed by atoms with van der Waals surface area (Å²) >= 11 is 25.1. The third kappa shape index (κ3) is 10.4. The summed E-state index contributed by atoms with van der Waals surface area (Å²) in [6, 6.07) is 8.53. The summed E-state index contributed by atoms with van der Waals surface area (Å²) in [5.74, 6) is 0.234. The number of nitrogens with zero attached hydrogens (tertiary/aromatic N) is 2. The Balaban J connectivity index is 1.57. The Morgan fingerprint density at radius 1 is 0.783 bits per heavy atom. The molecule has 12 heteroatoms. The number of halogens is 4. The number of piperazine rings is 1. The van der Waals surface area contributed by atoms with Crippen molar-refractivity contribution in [1.82, 2.24) is 15.1 Å². The summed E-state index contributed by atoms with van der Waals surface area (Å²) in [6.45, 7) is 2.84. The van der Waals surface area contributed by atoms with Crippen LogP contribution in [0.1, 0.15) is 62.5 Å². The second-order valence-electron chi connectivity index (χ2n) is 12.8. The van der Waals surface area contributed by atoms with Gasteiger partial charge in [-0.05, 0) is 80.0 Å². The maximum absolute atomic E-state index is 14.2. The molecule has 1 saturated carbocycles. The molecule has 0 bridgehead atoms. The first-order valence-electron chi connectivity index (χ1n) is 16.5. The summed E-state index contributed by atoms with van der Waals surface area (Å²) in [6.07, 6.45) is 8.80. The van der Waals surface area contributed by atoms with E-state index in [-0.39, 0.29) is 23.9 Å². The van der Waals surface area contributed by atoms with Crippen LogP contribution in [-0.2, 0) is 22.4 Å². The number of carbonyl (C=O) groups is 2. The molecule has 2 unspecified atom stereocenters. The van der Waals surface area contributed by atoms with Gasteiger partial charge in [0.05, 0.1) is 12.1 Å². The molecule has 4 atom stereocenters. The van der Waals surface area contributed by atoms with Gasteiger partial charge in [-0.25, -0.2) is 0 Å². The highest BCUT2D eigenvalue weighted by atomic mass is 35.5. The fourth-order valence-corrected chi connectivity index (χ4v) is 7.86. The third-order valence-electron chi connectivity index (χ3n) is 9.35. The molecule has 4 rings (SSSR count). The zero-order valence-corrected chi connectivity index (χ0v) is 29.4. The van der Waals surface area contributed by atoms with Gasteiger partial charge in [-0.3, -0.25) is 9.59 Å². The normalized spacial score (nSPS) is 20.5. The van der Waals surface area contributed by atoms with Crippen molar-refractivity contribution in [2.75, 3.05) is 32.7 Å². The van der Waals surface area contributed by atoms with Crippen LogP contribution in [0.2, 0.25) is 20.1 Å². The second-order valence-corrected chi connectivity index (χ2v) is 14.5. The Labute approximate surface area is 293 Å². The predicted octanol–water partition coefficient (Wildman–Crippen LogP) is 5.45. The molecular formula is C34H48Cl4N6O2. The minimum absolute atomic E-state index is 0.123. The van der Waals surface area contributed by atoms with Crippen molar-refractivity contribution >= 4 is 58.2 Å². The van der Waals surface area contributed by atoms with Crippen LogP contribution in [0, 0.1) is 5.92 Å². The monoisotopic (exact) mass is 712 g/mol. The third-order valence-corrected chi connectivity index (χ3v) is 10.5. The molecule has 2 aromatic carbocycles. The quantitative estimate of drug-likeness (QED) is 0.193. The molecule has 1 saturated heterocycles.